The number of nitrogens with one attached hydrogen (secondary N) is 1. The summed E-state index contributed by atoms with van der Waals surface area (Å²) < 4.78 is 5.68. The van der Waals surface area contributed by atoms with Gasteiger partial charge in [0, 0.05) is 16.9 Å². The van der Waals surface area contributed by atoms with Crippen molar-refractivity contribution in [3.8, 4) is 5.75 Å². The zero-order valence-electron chi connectivity index (χ0n) is 12.3. The molecule has 0 aromatic heterocycles. The monoisotopic (exact) mass is 284 g/mol. The molecule has 2 aromatic carbocycles. The van der Waals surface area contributed by atoms with Crippen LogP contribution in [-0.2, 0) is 0 Å². The first-order valence-electron chi connectivity index (χ1n) is 7.02. The minimum atomic E-state index is -0.171. The van der Waals surface area contributed by atoms with Gasteiger partial charge in [-0.05, 0) is 55.8 Å². The van der Waals surface area contributed by atoms with E-state index < -0.39 is 0 Å². The van der Waals surface area contributed by atoms with Crippen LogP contribution in [-0.4, -0.2) is 12.0 Å². The zero-order chi connectivity index (χ0) is 15.2. The molecule has 0 spiro atoms. The lowest BCUT2D eigenvalue weighted by Gasteiger charge is -2.12. The van der Waals surface area contributed by atoms with Crippen molar-refractivity contribution in [3.05, 3.63) is 54.1 Å². The van der Waals surface area contributed by atoms with Crippen LogP contribution in [0.1, 0.15) is 30.6 Å². The smallest absolute Gasteiger partial charge is 0.255 e. The van der Waals surface area contributed by atoms with Crippen LogP contribution in [0.3, 0.4) is 0 Å². The van der Waals surface area contributed by atoms with Gasteiger partial charge in [-0.2, -0.15) is 0 Å². The van der Waals surface area contributed by atoms with Crippen LogP contribution in [0.4, 0.5) is 11.4 Å². The number of carbonyl (C=O) groups is 1. The van der Waals surface area contributed by atoms with Gasteiger partial charge in [0.05, 0.1) is 6.10 Å². The largest absolute Gasteiger partial charge is 0.491 e. The van der Waals surface area contributed by atoms with E-state index in [2.05, 4.69) is 12.2 Å². The van der Waals surface area contributed by atoms with Gasteiger partial charge in [-0.3, -0.25) is 4.79 Å². The predicted octanol–water partition coefficient (Wildman–Crippen LogP) is 3.70. The molecule has 0 aliphatic rings. The third-order valence-electron chi connectivity index (χ3n) is 3.17. The molecule has 0 heterocycles. The topological polar surface area (TPSA) is 64.3 Å². The molecule has 2 rings (SSSR count). The van der Waals surface area contributed by atoms with Crippen LogP contribution in [0.15, 0.2) is 48.5 Å². The highest BCUT2D eigenvalue weighted by Gasteiger charge is 2.07. The van der Waals surface area contributed by atoms with Gasteiger partial charge >= 0.3 is 0 Å². The lowest BCUT2D eigenvalue weighted by atomic mass is 10.2. The molecule has 0 aliphatic heterocycles. The number of amides is 1. The van der Waals surface area contributed by atoms with Crippen LogP contribution in [0.2, 0.25) is 0 Å². The Morgan fingerprint density at radius 2 is 1.95 bits per heavy atom. The predicted molar refractivity (Wildman–Crippen MR) is 85.6 cm³/mol. The lowest BCUT2D eigenvalue weighted by Crippen LogP contribution is -2.12. The summed E-state index contributed by atoms with van der Waals surface area (Å²) in [6.45, 7) is 4.08. The Morgan fingerprint density at radius 3 is 2.57 bits per heavy atom. The highest BCUT2D eigenvalue weighted by atomic mass is 16.5. The Balaban J connectivity index is 2.03. The van der Waals surface area contributed by atoms with Gasteiger partial charge in [0.25, 0.3) is 5.91 Å². The number of ether oxygens (including phenoxy) is 1. The fraction of sp³-hybridized carbons (Fsp3) is 0.235. The van der Waals surface area contributed by atoms with Crippen molar-refractivity contribution in [1.29, 1.82) is 0 Å². The van der Waals surface area contributed by atoms with Gasteiger partial charge in [0.1, 0.15) is 5.75 Å². The molecule has 4 nitrogen and oxygen atoms in total. The molecule has 0 saturated carbocycles. The Bertz CT molecular complexity index is 608. The second kappa shape index (κ2) is 6.79. The Morgan fingerprint density at radius 1 is 1.24 bits per heavy atom. The van der Waals surface area contributed by atoms with Gasteiger partial charge in [-0.15, -0.1) is 0 Å². The fourth-order valence-corrected chi connectivity index (χ4v) is 1.82. The quantitative estimate of drug-likeness (QED) is 0.823. The van der Waals surface area contributed by atoms with Gasteiger partial charge in [0.15, 0.2) is 0 Å². The molecule has 3 N–H and O–H groups in total. The molecule has 21 heavy (non-hydrogen) atoms. The van der Waals surface area contributed by atoms with Gasteiger partial charge in [0.2, 0.25) is 0 Å². The van der Waals surface area contributed by atoms with E-state index in [0.29, 0.717) is 16.9 Å². The number of anilines is 2. The lowest BCUT2D eigenvalue weighted by molar-refractivity contribution is 0.102. The molecule has 1 atom stereocenters. The maximum atomic E-state index is 12.1. The molecule has 0 fully saturated rings. The highest BCUT2D eigenvalue weighted by molar-refractivity contribution is 6.04. The van der Waals surface area contributed by atoms with E-state index in [9.17, 15) is 4.79 Å². The average molecular weight is 284 g/mol. The molecule has 4 heteroatoms. The Kier molecular flexibility index (Phi) is 4.82. The first-order valence-corrected chi connectivity index (χ1v) is 7.02. The number of hydrogen-bond acceptors (Lipinski definition) is 3. The van der Waals surface area contributed by atoms with E-state index in [1.54, 1.807) is 48.5 Å². The summed E-state index contributed by atoms with van der Waals surface area (Å²) in [5.41, 5.74) is 7.56. The number of carbonyl (C=O) groups excluding carboxylic acids is 1. The van der Waals surface area contributed by atoms with Gasteiger partial charge in [-0.1, -0.05) is 13.0 Å². The average Bonchev–Trinajstić information content (AvgIpc) is 2.47. The minimum Gasteiger partial charge on any atom is -0.491 e. The van der Waals surface area contributed by atoms with Crippen molar-refractivity contribution in [3.63, 3.8) is 0 Å². The van der Waals surface area contributed by atoms with Crippen LogP contribution in [0.5, 0.6) is 5.75 Å². The molecule has 0 bridgehead atoms. The van der Waals surface area contributed by atoms with E-state index in [1.807, 2.05) is 6.92 Å². The summed E-state index contributed by atoms with van der Waals surface area (Å²) in [5.74, 6) is 0.598. The Hall–Kier alpha value is -2.49. The molecular weight excluding hydrogens is 264 g/mol. The summed E-state index contributed by atoms with van der Waals surface area (Å²) in [5, 5.41) is 2.81. The molecule has 1 amide bonds. The highest BCUT2D eigenvalue weighted by Crippen LogP contribution is 2.17. The number of benzene rings is 2. The van der Waals surface area contributed by atoms with Crippen molar-refractivity contribution < 1.29 is 9.53 Å². The number of nitrogen functional groups attached to an aromatic ring is 1. The second-order valence-electron chi connectivity index (χ2n) is 4.94. The molecule has 0 saturated heterocycles. The standard InChI is InChI=1S/C17H20N2O2/c1-3-12(2)21-16-9-7-13(8-10-16)17(20)19-15-6-4-5-14(18)11-15/h4-12H,3,18H2,1-2H3,(H,19,20). The summed E-state index contributed by atoms with van der Waals surface area (Å²) in [4.78, 5) is 12.1. The molecule has 110 valence electrons. The summed E-state index contributed by atoms with van der Waals surface area (Å²) in [6.07, 6.45) is 1.11. The van der Waals surface area contributed by atoms with E-state index in [-0.39, 0.29) is 12.0 Å². The minimum absolute atomic E-state index is 0.164. The van der Waals surface area contributed by atoms with Crippen molar-refractivity contribution in [1.82, 2.24) is 0 Å². The van der Waals surface area contributed by atoms with E-state index >= 15 is 0 Å². The maximum absolute atomic E-state index is 12.1. The van der Waals surface area contributed by atoms with Crippen molar-refractivity contribution >= 4 is 17.3 Å². The van der Waals surface area contributed by atoms with Crippen molar-refractivity contribution in [2.45, 2.75) is 26.4 Å². The van der Waals surface area contributed by atoms with Crippen molar-refractivity contribution in [2.75, 3.05) is 11.1 Å². The van der Waals surface area contributed by atoms with Crippen LogP contribution in [0, 0.1) is 0 Å². The van der Waals surface area contributed by atoms with E-state index in [1.165, 1.54) is 0 Å². The Labute approximate surface area is 124 Å². The molecule has 0 radical (unpaired) electrons. The number of hydrogen-bond donors (Lipinski definition) is 2. The fourth-order valence-electron chi connectivity index (χ4n) is 1.82. The first-order chi connectivity index (χ1) is 10.1. The summed E-state index contributed by atoms with van der Waals surface area (Å²) >= 11 is 0. The molecule has 2 aromatic rings. The molecular formula is C17H20N2O2. The van der Waals surface area contributed by atoms with Gasteiger partial charge in [-0.25, -0.2) is 0 Å². The third kappa shape index (κ3) is 4.24. The summed E-state index contributed by atoms with van der Waals surface area (Å²) in [6, 6.07) is 14.2. The number of nitrogens with two attached hydrogens (primary N) is 1. The van der Waals surface area contributed by atoms with E-state index in [4.69, 9.17) is 10.5 Å². The van der Waals surface area contributed by atoms with Crippen molar-refractivity contribution in [2.24, 2.45) is 0 Å². The molecule has 1 unspecified atom stereocenters. The van der Waals surface area contributed by atoms with Crippen LogP contribution in [0.25, 0.3) is 0 Å². The summed E-state index contributed by atoms with van der Waals surface area (Å²) in [7, 11) is 0. The van der Waals surface area contributed by atoms with Crippen LogP contribution < -0.4 is 15.8 Å². The van der Waals surface area contributed by atoms with E-state index in [0.717, 1.165) is 12.2 Å². The first kappa shape index (κ1) is 14.9. The second-order valence-corrected chi connectivity index (χ2v) is 4.94. The zero-order valence-corrected chi connectivity index (χ0v) is 12.3. The number of rotatable bonds is 5. The van der Waals surface area contributed by atoms with Crippen LogP contribution >= 0.6 is 0 Å². The maximum Gasteiger partial charge on any atom is 0.255 e. The SMILES string of the molecule is CCC(C)Oc1ccc(C(=O)Nc2cccc(N)c2)cc1. The third-order valence-corrected chi connectivity index (χ3v) is 3.17. The molecule has 0 aliphatic carbocycles. The normalized spacial score (nSPS) is 11.7. The van der Waals surface area contributed by atoms with Gasteiger partial charge < -0.3 is 15.8 Å².